The first kappa shape index (κ1) is 9.50. The van der Waals surface area contributed by atoms with E-state index >= 15 is 0 Å². The van der Waals surface area contributed by atoms with Gasteiger partial charge in [0.25, 0.3) is 0 Å². The Balaban J connectivity index is 3.46. The Labute approximate surface area is 64.4 Å². The van der Waals surface area contributed by atoms with Crippen LogP contribution in [0.25, 0.3) is 0 Å². The topological polar surface area (TPSA) is 58.9 Å². The molecule has 0 spiro atoms. The van der Waals surface area contributed by atoms with Crippen LogP contribution in [0.15, 0.2) is 22.3 Å². The number of nitrogens with zero attached hydrogens (tertiary/aromatic N) is 2. The van der Waals surface area contributed by atoms with E-state index in [-0.39, 0.29) is 0 Å². The summed E-state index contributed by atoms with van der Waals surface area (Å²) >= 11 is 0. The summed E-state index contributed by atoms with van der Waals surface area (Å²) in [6.45, 7) is 3.87. The van der Waals surface area contributed by atoms with Crippen molar-refractivity contribution in [3.8, 4) is 0 Å². The molecule has 0 atom stereocenters. The van der Waals surface area contributed by atoms with Gasteiger partial charge in [-0.15, -0.1) is 0 Å². The predicted octanol–water partition coefficient (Wildman–Crippen LogP) is 0.952. The van der Waals surface area contributed by atoms with Crippen LogP contribution in [0.3, 0.4) is 0 Å². The van der Waals surface area contributed by atoms with Crippen molar-refractivity contribution >= 4 is 12.2 Å². The van der Waals surface area contributed by atoms with Gasteiger partial charge in [-0.2, -0.15) is 4.99 Å². The van der Waals surface area contributed by atoms with Crippen LogP contribution in [0.2, 0.25) is 0 Å². The molecule has 0 aromatic carbocycles. The van der Waals surface area contributed by atoms with Gasteiger partial charge in [-0.1, -0.05) is 6.58 Å². The van der Waals surface area contributed by atoms with Crippen molar-refractivity contribution < 1.29 is 9.59 Å². The maximum atomic E-state index is 9.67. The van der Waals surface area contributed by atoms with Gasteiger partial charge >= 0.3 is 0 Å². The van der Waals surface area contributed by atoms with Gasteiger partial charge in [0.2, 0.25) is 12.2 Å². The lowest BCUT2D eigenvalue weighted by Crippen LogP contribution is -1.82. The SMILES string of the molecule is C=C(CCCN=C=O)N=C=O. The number of hydrogen-bond donors (Lipinski definition) is 0. The monoisotopic (exact) mass is 152 g/mol. The average molecular weight is 152 g/mol. The van der Waals surface area contributed by atoms with Gasteiger partial charge in [-0.25, -0.2) is 14.6 Å². The van der Waals surface area contributed by atoms with E-state index in [1.165, 1.54) is 12.2 Å². The van der Waals surface area contributed by atoms with E-state index in [9.17, 15) is 9.59 Å². The second-order valence-corrected chi connectivity index (χ2v) is 1.85. The number of hydrogen-bond acceptors (Lipinski definition) is 4. The van der Waals surface area contributed by atoms with Crippen LogP contribution in [0.1, 0.15) is 12.8 Å². The van der Waals surface area contributed by atoms with Crippen molar-refractivity contribution in [2.45, 2.75) is 12.8 Å². The van der Waals surface area contributed by atoms with Crippen molar-refractivity contribution in [1.82, 2.24) is 0 Å². The number of allylic oxidation sites excluding steroid dienone is 1. The minimum absolute atomic E-state index is 0.400. The molecule has 0 fully saturated rings. The highest BCUT2D eigenvalue weighted by molar-refractivity contribution is 5.36. The lowest BCUT2D eigenvalue weighted by molar-refractivity contribution is 0.561. The van der Waals surface area contributed by atoms with Crippen LogP contribution < -0.4 is 0 Å². The molecule has 0 heterocycles. The Morgan fingerprint density at radius 3 is 2.64 bits per heavy atom. The fraction of sp³-hybridized carbons (Fsp3) is 0.429. The molecule has 0 bridgehead atoms. The Kier molecular flexibility index (Phi) is 5.72. The smallest absolute Gasteiger partial charge is 0.211 e. The number of isocyanates is 2. The Morgan fingerprint density at radius 1 is 1.36 bits per heavy atom. The maximum absolute atomic E-state index is 9.67. The second-order valence-electron chi connectivity index (χ2n) is 1.85. The summed E-state index contributed by atoms with van der Waals surface area (Å²) in [7, 11) is 0. The van der Waals surface area contributed by atoms with Gasteiger partial charge in [0.1, 0.15) is 0 Å². The largest absolute Gasteiger partial charge is 0.240 e. The van der Waals surface area contributed by atoms with Gasteiger partial charge in [-0.3, -0.25) is 0 Å². The zero-order chi connectivity index (χ0) is 8.53. The highest BCUT2D eigenvalue weighted by atomic mass is 16.1. The molecule has 11 heavy (non-hydrogen) atoms. The van der Waals surface area contributed by atoms with Crippen LogP contribution in [0.5, 0.6) is 0 Å². The summed E-state index contributed by atoms with van der Waals surface area (Å²) in [5.41, 5.74) is 0.459. The molecule has 0 aliphatic rings. The first-order chi connectivity index (χ1) is 5.31. The molecule has 0 amide bonds. The molecule has 58 valence electrons. The van der Waals surface area contributed by atoms with Gasteiger partial charge in [0.15, 0.2) is 0 Å². The van der Waals surface area contributed by atoms with Crippen LogP contribution in [0, 0.1) is 0 Å². The van der Waals surface area contributed by atoms with Crippen molar-refractivity contribution in [2.75, 3.05) is 6.54 Å². The molecule has 0 N–H and O–H groups in total. The van der Waals surface area contributed by atoms with Crippen molar-refractivity contribution in [1.29, 1.82) is 0 Å². The molecular formula is C7H8N2O2. The molecule has 0 radical (unpaired) electrons. The second kappa shape index (κ2) is 6.62. The maximum Gasteiger partial charge on any atom is 0.240 e. The standard InChI is InChI=1S/C7H8N2O2/c1-7(9-6-11)3-2-4-8-5-10/h1-4H2. The van der Waals surface area contributed by atoms with Crippen LogP contribution in [0.4, 0.5) is 0 Å². The van der Waals surface area contributed by atoms with Gasteiger partial charge in [0.05, 0.1) is 6.54 Å². The van der Waals surface area contributed by atoms with Crippen LogP contribution in [-0.4, -0.2) is 18.7 Å². The van der Waals surface area contributed by atoms with Gasteiger partial charge in [-0.05, 0) is 12.8 Å². The molecule has 0 aromatic heterocycles. The summed E-state index contributed by atoms with van der Waals surface area (Å²) < 4.78 is 0. The third kappa shape index (κ3) is 6.38. The molecule has 0 aromatic rings. The highest BCUT2D eigenvalue weighted by Gasteiger charge is 1.89. The average Bonchev–Trinajstić information content (AvgIpc) is 1.99. The van der Waals surface area contributed by atoms with Crippen molar-refractivity contribution in [3.63, 3.8) is 0 Å². The summed E-state index contributed by atoms with van der Waals surface area (Å²) in [6, 6.07) is 0. The number of rotatable bonds is 5. The van der Waals surface area contributed by atoms with E-state index in [0.717, 1.165) is 0 Å². The van der Waals surface area contributed by atoms with Crippen LogP contribution >= 0.6 is 0 Å². The summed E-state index contributed by atoms with van der Waals surface area (Å²) in [5.74, 6) is 0. The molecule has 4 heteroatoms. The molecule has 0 rings (SSSR count). The number of carbonyl (C=O) groups excluding carboxylic acids is 2. The third-order valence-electron chi connectivity index (χ3n) is 1.00. The van der Waals surface area contributed by atoms with Gasteiger partial charge < -0.3 is 0 Å². The Hall–Kier alpha value is -1.50. The molecule has 4 nitrogen and oxygen atoms in total. The van der Waals surface area contributed by atoms with Gasteiger partial charge in [0, 0.05) is 5.70 Å². The minimum atomic E-state index is 0.400. The molecular weight excluding hydrogens is 144 g/mol. The third-order valence-corrected chi connectivity index (χ3v) is 1.00. The zero-order valence-corrected chi connectivity index (χ0v) is 6.04. The first-order valence-electron chi connectivity index (χ1n) is 3.10. The minimum Gasteiger partial charge on any atom is -0.211 e. The van der Waals surface area contributed by atoms with E-state index in [4.69, 9.17) is 0 Å². The first-order valence-corrected chi connectivity index (χ1v) is 3.10. The number of aliphatic imine (C=N–C) groups is 2. The Morgan fingerprint density at radius 2 is 2.09 bits per heavy atom. The Bertz CT molecular complexity index is 223. The quantitative estimate of drug-likeness (QED) is 0.334. The zero-order valence-electron chi connectivity index (χ0n) is 6.04. The molecule has 0 saturated carbocycles. The van der Waals surface area contributed by atoms with E-state index in [2.05, 4.69) is 16.6 Å². The van der Waals surface area contributed by atoms with E-state index in [1.807, 2.05) is 0 Å². The normalized spacial score (nSPS) is 7.64. The van der Waals surface area contributed by atoms with E-state index in [0.29, 0.717) is 25.1 Å². The summed E-state index contributed by atoms with van der Waals surface area (Å²) in [6.07, 6.45) is 3.99. The lowest BCUT2D eigenvalue weighted by Gasteiger charge is -1.91. The predicted molar refractivity (Wildman–Crippen MR) is 39.5 cm³/mol. The van der Waals surface area contributed by atoms with E-state index < -0.39 is 0 Å². The molecule has 0 aliphatic heterocycles. The fourth-order valence-electron chi connectivity index (χ4n) is 0.528. The van der Waals surface area contributed by atoms with Crippen molar-refractivity contribution in [2.24, 2.45) is 9.98 Å². The van der Waals surface area contributed by atoms with E-state index in [1.54, 1.807) is 0 Å². The highest BCUT2D eigenvalue weighted by Crippen LogP contribution is 2.01. The summed E-state index contributed by atoms with van der Waals surface area (Å²) in [4.78, 5) is 25.8. The van der Waals surface area contributed by atoms with Crippen LogP contribution in [-0.2, 0) is 9.59 Å². The lowest BCUT2D eigenvalue weighted by atomic mass is 10.2. The molecule has 0 aliphatic carbocycles. The molecule has 0 saturated heterocycles. The fourth-order valence-corrected chi connectivity index (χ4v) is 0.528. The molecule has 0 unspecified atom stereocenters. The van der Waals surface area contributed by atoms with Crippen molar-refractivity contribution in [3.05, 3.63) is 12.3 Å². The summed E-state index contributed by atoms with van der Waals surface area (Å²) in [5, 5.41) is 0.